The van der Waals surface area contributed by atoms with Crippen molar-refractivity contribution in [1.82, 2.24) is 5.32 Å². The molecule has 0 aliphatic carbocycles. The van der Waals surface area contributed by atoms with Gasteiger partial charge in [-0.05, 0) is 25.8 Å². The molecule has 0 heterocycles. The largest absolute Gasteiger partial charge is 0.314 e. The molecule has 4 nitrogen and oxygen atoms in total. The maximum absolute atomic E-state index is 11.5. The van der Waals surface area contributed by atoms with Crippen molar-refractivity contribution < 1.29 is 12.6 Å². The number of nitrogens with one attached hydrogen (secondary N) is 1. The Kier molecular flexibility index (Phi) is 9.08. The van der Waals surface area contributed by atoms with Crippen LogP contribution in [0.2, 0.25) is 0 Å². The summed E-state index contributed by atoms with van der Waals surface area (Å²) >= 11 is 0. The van der Waals surface area contributed by atoms with Gasteiger partial charge in [0.05, 0.1) is 5.75 Å². The van der Waals surface area contributed by atoms with Crippen LogP contribution in [0.3, 0.4) is 0 Å². The maximum Gasteiger partial charge on any atom is 0.148 e. The average Bonchev–Trinajstić information content (AvgIpc) is 2.24. The molecule has 0 aliphatic rings. The third-order valence-electron chi connectivity index (χ3n) is 2.59. The van der Waals surface area contributed by atoms with Crippen LogP contribution in [0.25, 0.3) is 0 Å². The second-order valence-electron chi connectivity index (χ2n) is 4.28. The van der Waals surface area contributed by atoms with E-state index in [1.54, 1.807) is 0 Å². The summed E-state index contributed by atoms with van der Waals surface area (Å²) in [4.78, 5) is 0. The van der Waals surface area contributed by atoms with Gasteiger partial charge in [0.2, 0.25) is 0 Å². The van der Waals surface area contributed by atoms with Gasteiger partial charge in [0.25, 0.3) is 0 Å². The Morgan fingerprint density at radius 1 is 1.24 bits per heavy atom. The molecule has 1 N–H and O–H groups in total. The number of hydrogen-bond acceptors (Lipinski definition) is 4. The second kappa shape index (κ2) is 9.05. The van der Waals surface area contributed by atoms with Crippen molar-refractivity contribution in [2.75, 3.05) is 30.1 Å². The first-order chi connectivity index (χ1) is 7.89. The summed E-state index contributed by atoms with van der Waals surface area (Å²) in [6.07, 6.45) is 4.16. The predicted octanol–water partition coefficient (Wildman–Crippen LogP) is 0.948. The normalized spacial score (nSPS) is 15.7. The van der Waals surface area contributed by atoms with E-state index in [0.717, 1.165) is 25.8 Å². The van der Waals surface area contributed by atoms with E-state index in [4.69, 9.17) is 0 Å². The number of sulfone groups is 1. The summed E-state index contributed by atoms with van der Waals surface area (Å²) in [6.45, 7) is 5.16. The first-order valence-electron chi connectivity index (χ1n) is 6.15. The van der Waals surface area contributed by atoms with E-state index in [1.807, 2.05) is 0 Å². The summed E-state index contributed by atoms with van der Waals surface area (Å²) < 4.78 is 33.4. The zero-order chi connectivity index (χ0) is 13.3. The molecule has 6 heteroatoms. The van der Waals surface area contributed by atoms with Crippen molar-refractivity contribution in [1.29, 1.82) is 0 Å². The Labute approximate surface area is 108 Å². The maximum atomic E-state index is 11.5. The highest BCUT2D eigenvalue weighted by Gasteiger charge is 2.08. The lowest BCUT2D eigenvalue weighted by molar-refractivity contribution is 0.476. The van der Waals surface area contributed by atoms with Crippen LogP contribution in [0.5, 0.6) is 0 Å². The molecule has 104 valence electrons. The van der Waals surface area contributed by atoms with Crippen molar-refractivity contribution in [2.45, 2.75) is 39.2 Å². The molecule has 2 atom stereocenters. The molecule has 2 unspecified atom stereocenters. The molecule has 0 spiro atoms. The van der Waals surface area contributed by atoms with Crippen LogP contribution in [-0.2, 0) is 20.6 Å². The zero-order valence-electron chi connectivity index (χ0n) is 11.1. The van der Waals surface area contributed by atoms with Gasteiger partial charge in [0.15, 0.2) is 0 Å². The van der Waals surface area contributed by atoms with Gasteiger partial charge in [0, 0.05) is 34.6 Å². The Morgan fingerprint density at radius 2 is 1.88 bits per heavy atom. The van der Waals surface area contributed by atoms with Gasteiger partial charge in [-0.25, -0.2) is 8.42 Å². The van der Waals surface area contributed by atoms with Gasteiger partial charge >= 0.3 is 0 Å². The van der Waals surface area contributed by atoms with Gasteiger partial charge in [-0.15, -0.1) is 0 Å². The minimum atomic E-state index is -2.98. The monoisotopic (exact) mass is 283 g/mol. The summed E-state index contributed by atoms with van der Waals surface area (Å²) in [5.74, 6) is 0.915. The summed E-state index contributed by atoms with van der Waals surface area (Å²) in [7, 11) is -3.98. The van der Waals surface area contributed by atoms with Gasteiger partial charge < -0.3 is 5.32 Å². The molecule has 0 radical (unpaired) electrons. The zero-order valence-corrected chi connectivity index (χ0v) is 12.7. The van der Waals surface area contributed by atoms with E-state index in [9.17, 15) is 12.6 Å². The molecule has 0 rings (SSSR count). The third kappa shape index (κ3) is 10.9. The van der Waals surface area contributed by atoms with E-state index < -0.39 is 20.6 Å². The highest BCUT2D eigenvalue weighted by Crippen LogP contribution is 2.03. The SMILES string of the molecule is CCNC(CC)CCCS(=O)CCS(C)(=O)=O. The van der Waals surface area contributed by atoms with Crippen LogP contribution < -0.4 is 5.32 Å². The lowest BCUT2D eigenvalue weighted by Gasteiger charge is -2.15. The van der Waals surface area contributed by atoms with E-state index in [2.05, 4.69) is 19.2 Å². The quantitative estimate of drug-likeness (QED) is 0.648. The average molecular weight is 283 g/mol. The van der Waals surface area contributed by atoms with Crippen LogP contribution in [0.15, 0.2) is 0 Å². The molecular formula is C11H25NO3S2. The van der Waals surface area contributed by atoms with Crippen molar-refractivity contribution in [3.8, 4) is 0 Å². The lowest BCUT2D eigenvalue weighted by atomic mass is 10.1. The third-order valence-corrected chi connectivity index (χ3v) is 5.20. The summed E-state index contributed by atoms with van der Waals surface area (Å²) in [5.41, 5.74) is 0. The van der Waals surface area contributed by atoms with Gasteiger partial charge in [-0.2, -0.15) is 0 Å². The Balaban J connectivity index is 3.70. The van der Waals surface area contributed by atoms with Crippen LogP contribution in [0.1, 0.15) is 33.1 Å². The van der Waals surface area contributed by atoms with Crippen LogP contribution in [0.4, 0.5) is 0 Å². The fourth-order valence-corrected chi connectivity index (χ4v) is 4.22. The van der Waals surface area contributed by atoms with Crippen LogP contribution >= 0.6 is 0 Å². The van der Waals surface area contributed by atoms with Crippen LogP contribution in [-0.4, -0.2) is 48.7 Å². The highest BCUT2D eigenvalue weighted by molar-refractivity contribution is 7.92. The minimum Gasteiger partial charge on any atom is -0.314 e. The number of rotatable bonds is 10. The second-order valence-corrected chi connectivity index (χ2v) is 8.24. The Hall–Kier alpha value is 0.0600. The first-order valence-corrected chi connectivity index (χ1v) is 9.70. The fourth-order valence-electron chi connectivity index (χ4n) is 1.58. The number of hydrogen-bond donors (Lipinski definition) is 1. The molecule has 0 aromatic rings. The smallest absolute Gasteiger partial charge is 0.148 e. The van der Waals surface area contributed by atoms with Crippen molar-refractivity contribution in [3.05, 3.63) is 0 Å². The molecule has 0 fully saturated rings. The summed E-state index contributed by atoms with van der Waals surface area (Å²) in [5, 5.41) is 3.37. The van der Waals surface area contributed by atoms with E-state index in [-0.39, 0.29) is 11.5 Å². The minimum absolute atomic E-state index is 0.0318. The Bertz CT molecular complexity index is 315. The molecular weight excluding hydrogens is 258 g/mol. The van der Waals surface area contributed by atoms with Gasteiger partial charge in [-0.1, -0.05) is 13.8 Å². The van der Waals surface area contributed by atoms with Crippen molar-refractivity contribution in [3.63, 3.8) is 0 Å². The Morgan fingerprint density at radius 3 is 2.35 bits per heavy atom. The molecule has 0 saturated carbocycles. The summed E-state index contributed by atoms with van der Waals surface area (Å²) in [6, 6.07) is 0.493. The first kappa shape index (κ1) is 17.1. The van der Waals surface area contributed by atoms with Gasteiger partial charge in [0.1, 0.15) is 9.84 Å². The topological polar surface area (TPSA) is 63.2 Å². The standard InChI is InChI=1S/C11H25NO3S2/c1-4-11(12-5-2)7-6-8-16(13)9-10-17(3,14)15/h11-12H,4-10H2,1-3H3. The molecule has 0 aromatic carbocycles. The fraction of sp³-hybridized carbons (Fsp3) is 1.00. The predicted molar refractivity (Wildman–Crippen MR) is 74.6 cm³/mol. The molecule has 0 aliphatic heterocycles. The van der Waals surface area contributed by atoms with Crippen molar-refractivity contribution >= 4 is 20.6 Å². The molecule has 0 aromatic heterocycles. The van der Waals surface area contributed by atoms with E-state index in [1.165, 1.54) is 6.26 Å². The van der Waals surface area contributed by atoms with E-state index >= 15 is 0 Å². The molecule has 0 bridgehead atoms. The van der Waals surface area contributed by atoms with Crippen molar-refractivity contribution in [2.24, 2.45) is 0 Å². The molecule has 17 heavy (non-hydrogen) atoms. The highest BCUT2D eigenvalue weighted by atomic mass is 32.2. The van der Waals surface area contributed by atoms with Crippen LogP contribution in [0, 0.1) is 0 Å². The molecule has 0 saturated heterocycles. The van der Waals surface area contributed by atoms with E-state index in [0.29, 0.717) is 11.8 Å². The van der Waals surface area contributed by atoms with Gasteiger partial charge in [-0.3, -0.25) is 4.21 Å². The molecule has 0 amide bonds. The lowest BCUT2D eigenvalue weighted by Crippen LogP contribution is -2.28.